The van der Waals surface area contributed by atoms with E-state index in [0.29, 0.717) is 18.0 Å². The van der Waals surface area contributed by atoms with Crippen LogP contribution in [-0.4, -0.2) is 44.1 Å². The fraction of sp³-hybridized carbons (Fsp3) is 0.300. The number of carbonyl (C=O) groups excluding carboxylic acids is 2. The molecule has 0 unspecified atom stereocenters. The van der Waals surface area contributed by atoms with Crippen LogP contribution in [0.2, 0.25) is 0 Å². The average Bonchev–Trinajstić information content (AvgIpc) is 2.65. The zero-order chi connectivity index (χ0) is 18.5. The second-order valence-corrected chi connectivity index (χ2v) is 6.29. The van der Waals surface area contributed by atoms with Crippen LogP contribution in [0, 0.1) is 0 Å². The van der Waals surface area contributed by atoms with E-state index in [-0.39, 0.29) is 18.4 Å². The van der Waals surface area contributed by atoms with Crippen molar-refractivity contribution < 1.29 is 14.3 Å². The SMILES string of the molecule is COc1ccccc1CC(=O)Nc1ccc(N2CCCN(C)C2=O)cc1. The Bertz CT molecular complexity index is 789. The van der Waals surface area contributed by atoms with Gasteiger partial charge in [-0.3, -0.25) is 9.69 Å². The minimum absolute atomic E-state index is 0.00390. The fourth-order valence-electron chi connectivity index (χ4n) is 3.05. The summed E-state index contributed by atoms with van der Waals surface area (Å²) in [6.07, 6.45) is 1.18. The lowest BCUT2D eigenvalue weighted by Crippen LogP contribution is -2.47. The van der Waals surface area contributed by atoms with Crippen LogP contribution in [0.3, 0.4) is 0 Å². The van der Waals surface area contributed by atoms with Gasteiger partial charge in [0.1, 0.15) is 5.75 Å². The Hall–Kier alpha value is -3.02. The quantitative estimate of drug-likeness (QED) is 0.898. The zero-order valence-electron chi connectivity index (χ0n) is 15.1. The number of hydrogen-bond donors (Lipinski definition) is 1. The zero-order valence-corrected chi connectivity index (χ0v) is 15.1. The lowest BCUT2D eigenvalue weighted by molar-refractivity contribution is -0.115. The van der Waals surface area contributed by atoms with Crippen molar-refractivity contribution in [3.05, 3.63) is 54.1 Å². The van der Waals surface area contributed by atoms with Crippen molar-refractivity contribution in [3.63, 3.8) is 0 Å². The number of benzene rings is 2. The molecule has 2 aromatic rings. The van der Waals surface area contributed by atoms with Crippen molar-refractivity contribution in [2.45, 2.75) is 12.8 Å². The highest BCUT2D eigenvalue weighted by Crippen LogP contribution is 2.22. The maximum atomic E-state index is 12.3. The monoisotopic (exact) mass is 353 g/mol. The van der Waals surface area contributed by atoms with Gasteiger partial charge in [-0.05, 0) is 36.8 Å². The Kier molecular flexibility index (Phi) is 5.41. The van der Waals surface area contributed by atoms with Crippen molar-refractivity contribution in [2.24, 2.45) is 0 Å². The first-order valence-corrected chi connectivity index (χ1v) is 8.63. The smallest absolute Gasteiger partial charge is 0.324 e. The van der Waals surface area contributed by atoms with Gasteiger partial charge < -0.3 is 15.0 Å². The van der Waals surface area contributed by atoms with Gasteiger partial charge in [0.15, 0.2) is 0 Å². The molecule has 0 saturated carbocycles. The average molecular weight is 353 g/mol. The molecule has 6 heteroatoms. The highest BCUT2D eigenvalue weighted by Gasteiger charge is 2.23. The molecule has 0 aromatic heterocycles. The summed E-state index contributed by atoms with van der Waals surface area (Å²) >= 11 is 0. The molecule has 0 spiro atoms. The largest absolute Gasteiger partial charge is 0.496 e. The highest BCUT2D eigenvalue weighted by molar-refractivity contribution is 5.94. The van der Waals surface area contributed by atoms with Crippen LogP contribution in [0.5, 0.6) is 5.75 Å². The number of anilines is 2. The van der Waals surface area contributed by atoms with Gasteiger partial charge in [0.25, 0.3) is 0 Å². The number of hydrogen-bond acceptors (Lipinski definition) is 3. The molecule has 3 rings (SSSR count). The van der Waals surface area contributed by atoms with Crippen LogP contribution in [0.4, 0.5) is 16.2 Å². The summed E-state index contributed by atoms with van der Waals surface area (Å²) in [7, 11) is 3.40. The van der Waals surface area contributed by atoms with Crippen molar-refractivity contribution in [2.75, 3.05) is 37.5 Å². The standard InChI is InChI=1S/C20H23N3O3/c1-22-12-5-13-23(20(22)25)17-10-8-16(9-11-17)21-19(24)14-15-6-3-4-7-18(15)26-2/h3-4,6-11H,5,12-14H2,1-2H3,(H,21,24). The number of ether oxygens (including phenoxy) is 1. The second kappa shape index (κ2) is 7.91. The van der Waals surface area contributed by atoms with Gasteiger partial charge in [-0.25, -0.2) is 4.79 Å². The Morgan fingerprint density at radius 2 is 1.85 bits per heavy atom. The van der Waals surface area contributed by atoms with E-state index in [4.69, 9.17) is 4.74 Å². The van der Waals surface area contributed by atoms with Gasteiger partial charge in [-0.2, -0.15) is 0 Å². The Labute approximate surface area is 153 Å². The van der Waals surface area contributed by atoms with E-state index in [1.807, 2.05) is 48.5 Å². The molecule has 1 aliphatic rings. The van der Waals surface area contributed by atoms with Crippen molar-refractivity contribution in [1.29, 1.82) is 0 Å². The Morgan fingerprint density at radius 3 is 2.58 bits per heavy atom. The molecule has 0 aliphatic carbocycles. The van der Waals surface area contributed by atoms with Crippen LogP contribution >= 0.6 is 0 Å². The summed E-state index contributed by atoms with van der Waals surface area (Å²) in [6, 6.07) is 14.8. The minimum atomic E-state index is -0.115. The first kappa shape index (κ1) is 17.8. The fourth-order valence-corrected chi connectivity index (χ4v) is 3.05. The summed E-state index contributed by atoms with van der Waals surface area (Å²) in [5.74, 6) is 0.585. The third kappa shape index (κ3) is 3.96. The molecular weight excluding hydrogens is 330 g/mol. The number of nitrogens with zero attached hydrogens (tertiary/aromatic N) is 2. The normalized spacial score (nSPS) is 14.3. The third-order valence-electron chi connectivity index (χ3n) is 4.44. The van der Waals surface area contributed by atoms with Crippen LogP contribution in [0.15, 0.2) is 48.5 Å². The molecule has 1 N–H and O–H groups in total. The Balaban J connectivity index is 1.64. The predicted molar refractivity (Wildman–Crippen MR) is 102 cm³/mol. The molecule has 1 fully saturated rings. The molecule has 0 atom stereocenters. The highest BCUT2D eigenvalue weighted by atomic mass is 16.5. The molecule has 26 heavy (non-hydrogen) atoms. The molecule has 136 valence electrons. The van der Waals surface area contributed by atoms with Crippen molar-refractivity contribution >= 4 is 23.3 Å². The van der Waals surface area contributed by atoms with Crippen LogP contribution in [0.1, 0.15) is 12.0 Å². The lowest BCUT2D eigenvalue weighted by Gasteiger charge is -2.33. The molecule has 6 nitrogen and oxygen atoms in total. The summed E-state index contributed by atoms with van der Waals surface area (Å²) in [5.41, 5.74) is 2.38. The van der Waals surface area contributed by atoms with Gasteiger partial charge in [0.2, 0.25) is 5.91 Å². The number of para-hydroxylation sites is 1. The van der Waals surface area contributed by atoms with Gasteiger partial charge in [0, 0.05) is 37.1 Å². The summed E-state index contributed by atoms with van der Waals surface area (Å²) in [6.45, 7) is 1.50. The molecule has 1 saturated heterocycles. The van der Waals surface area contributed by atoms with Crippen molar-refractivity contribution in [1.82, 2.24) is 4.90 Å². The Morgan fingerprint density at radius 1 is 1.12 bits per heavy atom. The molecule has 1 heterocycles. The van der Waals surface area contributed by atoms with Gasteiger partial charge >= 0.3 is 6.03 Å². The first-order chi connectivity index (χ1) is 12.6. The summed E-state index contributed by atoms with van der Waals surface area (Å²) in [4.78, 5) is 28.0. The maximum Gasteiger partial charge on any atom is 0.324 e. The lowest BCUT2D eigenvalue weighted by atomic mass is 10.1. The molecule has 3 amide bonds. The van der Waals surface area contributed by atoms with E-state index < -0.39 is 0 Å². The van der Waals surface area contributed by atoms with E-state index in [1.54, 1.807) is 24.0 Å². The topological polar surface area (TPSA) is 61.9 Å². The van der Waals surface area contributed by atoms with Gasteiger partial charge in [-0.15, -0.1) is 0 Å². The summed E-state index contributed by atoms with van der Waals surface area (Å²) < 4.78 is 5.28. The van der Waals surface area contributed by atoms with Gasteiger partial charge in [0.05, 0.1) is 13.5 Å². The minimum Gasteiger partial charge on any atom is -0.496 e. The molecular formula is C20H23N3O3. The third-order valence-corrected chi connectivity index (χ3v) is 4.44. The number of nitrogens with one attached hydrogen (secondary N) is 1. The molecule has 0 bridgehead atoms. The van der Waals surface area contributed by atoms with Crippen LogP contribution in [-0.2, 0) is 11.2 Å². The van der Waals surface area contributed by atoms with E-state index in [1.165, 1.54) is 0 Å². The first-order valence-electron chi connectivity index (χ1n) is 8.63. The molecule has 2 aromatic carbocycles. The van der Waals surface area contributed by atoms with E-state index in [9.17, 15) is 9.59 Å². The van der Waals surface area contributed by atoms with E-state index in [0.717, 1.165) is 24.2 Å². The number of carbonyl (C=O) groups is 2. The molecule has 0 radical (unpaired) electrons. The van der Waals surface area contributed by atoms with Crippen molar-refractivity contribution in [3.8, 4) is 5.75 Å². The van der Waals surface area contributed by atoms with E-state index >= 15 is 0 Å². The predicted octanol–water partition coefficient (Wildman–Crippen LogP) is 3.14. The van der Waals surface area contributed by atoms with Crippen LogP contribution < -0.4 is 15.0 Å². The number of amides is 3. The van der Waals surface area contributed by atoms with Crippen LogP contribution in [0.25, 0.3) is 0 Å². The summed E-state index contributed by atoms with van der Waals surface area (Å²) in [5, 5.41) is 2.88. The number of urea groups is 1. The number of rotatable bonds is 5. The van der Waals surface area contributed by atoms with E-state index in [2.05, 4.69) is 5.32 Å². The van der Waals surface area contributed by atoms with Gasteiger partial charge in [-0.1, -0.05) is 18.2 Å². The number of methoxy groups -OCH3 is 1. The molecule has 1 aliphatic heterocycles. The maximum absolute atomic E-state index is 12.3. The second-order valence-electron chi connectivity index (χ2n) is 6.29.